The molecule has 1 aromatic rings. The zero-order valence-electron chi connectivity index (χ0n) is 10.9. The lowest BCUT2D eigenvalue weighted by Gasteiger charge is -2.09. The monoisotopic (exact) mass is 303 g/mol. The normalized spacial score (nSPS) is 17.9. The summed E-state index contributed by atoms with van der Waals surface area (Å²) in [5.74, 6) is -0.216. The Morgan fingerprint density at radius 3 is 2.81 bits per heavy atom. The van der Waals surface area contributed by atoms with Crippen molar-refractivity contribution in [2.45, 2.75) is 19.2 Å². The van der Waals surface area contributed by atoms with E-state index in [1.165, 1.54) is 18.3 Å². The van der Waals surface area contributed by atoms with Crippen LogP contribution in [0.25, 0.3) is 0 Å². The number of ether oxygens (including phenoxy) is 1. The maximum absolute atomic E-state index is 12.0. The van der Waals surface area contributed by atoms with Crippen molar-refractivity contribution in [1.82, 2.24) is 15.8 Å². The summed E-state index contributed by atoms with van der Waals surface area (Å²) >= 11 is 0. The molecule has 0 aliphatic carbocycles. The van der Waals surface area contributed by atoms with Gasteiger partial charge in [-0.1, -0.05) is 0 Å². The molecule has 0 fully saturated rings. The maximum Gasteiger partial charge on any atom is 0.405 e. The van der Waals surface area contributed by atoms with Crippen molar-refractivity contribution in [3.8, 4) is 5.75 Å². The van der Waals surface area contributed by atoms with Crippen molar-refractivity contribution in [2.24, 2.45) is 0 Å². The molecule has 114 valence electrons. The molecule has 1 aromatic heterocycles. The molecule has 1 amide bonds. The second kappa shape index (κ2) is 6.00. The third kappa shape index (κ3) is 4.63. The SMILES string of the molecule is CC1C=C(Oc2ccc(C(=O)NCC(F)(F)F)nc2)NO1. The molecule has 1 aliphatic heterocycles. The van der Waals surface area contributed by atoms with Crippen LogP contribution >= 0.6 is 0 Å². The summed E-state index contributed by atoms with van der Waals surface area (Å²) in [6.07, 6.45) is -1.69. The number of halogens is 3. The number of nitrogens with one attached hydrogen (secondary N) is 2. The Kier molecular flexibility index (Phi) is 4.32. The zero-order valence-corrected chi connectivity index (χ0v) is 10.9. The van der Waals surface area contributed by atoms with E-state index in [9.17, 15) is 18.0 Å². The van der Waals surface area contributed by atoms with Gasteiger partial charge < -0.3 is 10.1 Å². The molecular formula is C12H12F3N3O3. The number of alkyl halides is 3. The molecule has 1 unspecified atom stereocenters. The quantitative estimate of drug-likeness (QED) is 0.882. The predicted octanol–water partition coefficient (Wildman–Crippen LogP) is 1.52. The van der Waals surface area contributed by atoms with Gasteiger partial charge in [0.2, 0.25) is 5.88 Å². The van der Waals surface area contributed by atoms with Gasteiger partial charge in [-0.2, -0.15) is 13.2 Å². The molecule has 1 aliphatic rings. The van der Waals surface area contributed by atoms with Crippen LogP contribution in [0.2, 0.25) is 0 Å². The molecule has 0 aromatic carbocycles. The van der Waals surface area contributed by atoms with Crippen LogP contribution in [0.5, 0.6) is 5.75 Å². The Morgan fingerprint density at radius 2 is 2.29 bits per heavy atom. The second-order valence-electron chi connectivity index (χ2n) is 4.24. The molecule has 1 atom stereocenters. The molecule has 0 saturated carbocycles. The average Bonchev–Trinajstić information content (AvgIpc) is 2.81. The van der Waals surface area contributed by atoms with E-state index in [0.717, 1.165) is 0 Å². The van der Waals surface area contributed by atoms with Crippen molar-refractivity contribution >= 4 is 5.91 Å². The van der Waals surface area contributed by atoms with Gasteiger partial charge in [-0.25, -0.2) is 10.5 Å². The Morgan fingerprint density at radius 1 is 1.52 bits per heavy atom. The topological polar surface area (TPSA) is 72.5 Å². The number of amides is 1. The van der Waals surface area contributed by atoms with Gasteiger partial charge in [0.1, 0.15) is 24.1 Å². The highest BCUT2D eigenvalue weighted by atomic mass is 19.4. The van der Waals surface area contributed by atoms with Gasteiger partial charge in [-0.05, 0) is 19.1 Å². The van der Waals surface area contributed by atoms with Gasteiger partial charge >= 0.3 is 6.18 Å². The summed E-state index contributed by atoms with van der Waals surface area (Å²) in [5.41, 5.74) is 2.40. The average molecular weight is 303 g/mol. The van der Waals surface area contributed by atoms with Crippen LogP contribution in [0.15, 0.2) is 30.3 Å². The molecule has 0 saturated heterocycles. The largest absolute Gasteiger partial charge is 0.438 e. The summed E-state index contributed by atoms with van der Waals surface area (Å²) in [6.45, 7) is 0.396. The Bertz CT molecular complexity index is 543. The lowest BCUT2D eigenvalue weighted by Crippen LogP contribution is -2.34. The first kappa shape index (κ1) is 15.1. The Hall–Kier alpha value is -2.29. The van der Waals surface area contributed by atoms with Gasteiger partial charge in [0, 0.05) is 6.08 Å². The zero-order chi connectivity index (χ0) is 15.5. The van der Waals surface area contributed by atoms with E-state index in [0.29, 0.717) is 11.6 Å². The number of carbonyl (C=O) groups excluding carboxylic acids is 1. The fraction of sp³-hybridized carbons (Fsp3) is 0.333. The van der Waals surface area contributed by atoms with Crippen molar-refractivity contribution in [3.05, 3.63) is 36.0 Å². The number of nitrogens with zero attached hydrogens (tertiary/aromatic N) is 1. The lowest BCUT2D eigenvalue weighted by molar-refractivity contribution is -0.123. The third-order valence-corrected chi connectivity index (χ3v) is 2.38. The number of carbonyl (C=O) groups is 1. The van der Waals surface area contributed by atoms with Crippen LogP contribution in [-0.4, -0.2) is 29.7 Å². The summed E-state index contributed by atoms with van der Waals surface area (Å²) in [6, 6.07) is 2.68. The minimum atomic E-state index is -4.46. The minimum absolute atomic E-state index is 0.135. The van der Waals surface area contributed by atoms with Gasteiger partial charge in [0.25, 0.3) is 5.91 Å². The van der Waals surface area contributed by atoms with Crippen molar-refractivity contribution in [2.75, 3.05) is 6.54 Å². The standard InChI is InChI=1S/C12H12F3N3O3/c1-7-4-10(18-21-7)20-8-2-3-9(16-5-8)11(19)17-6-12(13,14)15/h2-5,7,18H,6H2,1H3,(H,17,19). The van der Waals surface area contributed by atoms with Crippen LogP contribution in [0, 0.1) is 0 Å². The van der Waals surface area contributed by atoms with E-state index < -0.39 is 18.6 Å². The van der Waals surface area contributed by atoms with Gasteiger partial charge in [-0.15, -0.1) is 0 Å². The fourth-order valence-electron chi connectivity index (χ4n) is 1.46. The van der Waals surface area contributed by atoms with Crippen LogP contribution in [0.4, 0.5) is 13.2 Å². The number of hydroxylamine groups is 1. The van der Waals surface area contributed by atoms with E-state index >= 15 is 0 Å². The summed E-state index contributed by atoms with van der Waals surface area (Å²) in [7, 11) is 0. The van der Waals surface area contributed by atoms with E-state index in [1.54, 1.807) is 18.3 Å². The highest BCUT2D eigenvalue weighted by molar-refractivity contribution is 5.92. The first-order valence-corrected chi connectivity index (χ1v) is 5.96. The predicted molar refractivity (Wildman–Crippen MR) is 65.0 cm³/mol. The van der Waals surface area contributed by atoms with E-state index in [4.69, 9.17) is 9.57 Å². The number of rotatable bonds is 4. The van der Waals surface area contributed by atoms with Crippen LogP contribution in [0.3, 0.4) is 0 Å². The first-order chi connectivity index (χ1) is 9.83. The summed E-state index contributed by atoms with van der Waals surface area (Å²) in [5, 5.41) is 1.73. The number of hydrogen-bond donors (Lipinski definition) is 2. The molecule has 9 heteroatoms. The molecule has 2 heterocycles. The van der Waals surface area contributed by atoms with Gasteiger partial charge in [0.05, 0.1) is 6.20 Å². The first-order valence-electron chi connectivity index (χ1n) is 5.96. The minimum Gasteiger partial charge on any atom is -0.438 e. The van der Waals surface area contributed by atoms with E-state index in [2.05, 4.69) is 10.5 Å². The van der Waals surface area contributed by atoms with Gasteiger partial charge in [-0.3, -0.25) is 9.63 Å². The highest BCUT2D eigenvalue weighted by Crippen LogP contribution is 2.16. The number of aromatic nitrogens is 1. The highest BCUT2D eigenvalue weighted by Gasteiger charge is 2.28. The molecule has 2 rings (SSSR count). The van der Waals surface area contributed by atoms with Crippen LogP contribution < -0.4 is 15.5 Å². The maximum atomic E-state index is 12.0. The Balaban J connectivity index is 1.92. The van der Waals surface area contributed by atoms with E-state index in [-0.39, 0.29) is 11.8 Å². The van der Waals surface area contributed by atoms with Crippen molar-refractivity contribution in [3.63, 3.8) is 0 Å². The summed E-state index contributed by atoms with van der Waals surface area (Å²) < 4.78 is 41.3. The van der Waals surface area contributed by atoms with Gasteiger partial charge in [0.15, 0.2) is 0 Å². The molecule has 0 bridgehead atoms. The smallest absolute Gasteiger partial charge is 0.405 e. The second-order valence-corrected chi connectivity index (χ2v) is 4.24. The Labute approximate surface area is 117 Å². The number of hydrogen-bond acceptors (Lipinski definition) is 5. The molecule has 0 radical (unpaired) electrons. The van der Waals surface area contributed by atoms with Crippen molar-refractivity contribution < 1.29 is 27.5 Å². The molecular weight excluding hydrogens is 291 g/mol. The van der Waals surface area contributed by atoms with E-state index in [1.807, 2.05) is 0 Å². The van der Waals surface area contributed by atoms with Crippen molar-refractivity contribution in [1.29, 1.82) is 0 Å². The summed E-state index contributed by atoms with van der Waals surface area (Å²) in [4.78, 5) is 20.2. The lowest BCUT2D eigenvalue weighted by atomic mass is 10.3. The molecule has 2 N–H and O–H groups in total. The van der Waals surface area contributed by atoms with Crippen LogP contribution in [-0.2, 0) is 4.84 Å². The van der Waals surface area contributed by atoms with Crippen LogP contribution in [0.1, 0.15) is 17.4 Å². The fourth-order valence-corrected chi connectivity index (χ4v) is 1.46. The molecule has 0 spiro atoms. The third-order valence-electron chi connectivity index (χ3n) is 2.38. The number of pyridine rings is 1. The molecule has 21 heavy (non-hydrogen) atoms. The molecule has 6 nitrogen and oxygen atoms in total.